The minimum absolute atomic E-state index is 0.115. The van der Waals surface area contributed by atoms with E-state index in [0.29, 0.717) is 38.3 Å². The summed E-state index contributed by atoms with van der Waals surface area (Å²) in [5, 5.41) is 7.36. The van der Waals surface area contributed by atoms with Gasteiger partial charge in [0.15, 0.2) is 11.5 Å². The van der Waals surface area contributed by atoms with Gasteiger partial charge in [-0.1, -0.05) is 46.9 Å². The number of thiazole rings is 1. The van der Waals surface area contributed by atoms with Crippen LogP contribution in [0.1, 0.15) is 21.9 Å². The fourth-order valence-electron chi connectivity index (χ4n) is 5.68. The fraction of sp³-hybridized carbons (Fsp3) is 0.226. The van der Waals surface area contributed by atoms with Crippen molar-refractivity contribution in [1.82, 2.24) is 4.57 Å². The summed E-state index contributed by atoms with van der Waals surface area (Å²) in [7, 11) is -0.912. The minimum Gasteiger partial charge on any atom is -0.493 e. The normalized spacial score (nSPS) is 19.0. The van der Waals surface area contributed by atoms with E-state index in [9.17, 15) is 27.6 Å². The lowest BCUT2D eigenvalue weighted by Gasteiger charge is -2.31. The Kier molecular flexibility index (Phi) is 8.27. The largest absolute Gasteiger partial charge is 0.493 e. The number of hydrogen-bond acceptors (Lipinski definition) is 10. The van der Waals surface area contributed by atoms with Crippen molar-refractivity contribution in [2.45, 2.75) is 34.6 Å². The maximum absolute atomic E-state index is 14.1. The van der Waals surface area contributed by atoms with Crippen LogP contribution in [-0.4, -0.2) is 50.2 Å². The van der Waals surface area contributed by atoms with Crippen molar-refractivity contribution in [2.75, 3.05) is 24.4 Å². The van der Waals surface area contributed by atoms with Crippen LogP contribution >= 0.6 is 23.1 Å². The Morgan fingerprint density at radius 2 is 1.61 bits per heavy atom. The summed E-state index contributed by atoms with van der Waals surface area (Å²) in [5.74, 6) is -1.98. The molecule has 4 aromatic rings. The predicted octanol–water partition coefficient (Wildman–Crippen LogP) is 3.32. The van der Waals surface area contributed by atoms with Crippen LogP contribution in [0.15, 0.2) is 81.4 Å². The molecule has 0 saturated carbocycles. The van der Waals surface area contributed by atoms with E-state index in [0.717, 1.165) is 28.7 Å². The molecule has 6 rings (SSSR count). The molecule has 2 aliphatic rings. The van der Waals surface area contributed by atoms with Gasteiger partial charge in [0.1, 0.15) is 11.8 Å². The van der Waals surface area contributed by atoms with Gasteiger partial charge in [-0.25, -0.2) is 18.5 Å². The Morgan fingerprint density at radius 3 is 2.24 bits per heavy atom. The third kappa shape index (κ3) is 5.59. The number of aromatic nitrogens is 1. The molecular formula is C31H28N4O8S3. The Bertz CT molecular complexity index is 2040. The van der Waals surface area contributed by atoms with Gasteiger partial charge in [-0.2, -0.15) is 0 Å². The lowest BCUT2D eigenvalue weighted by Crippen LogP contribution is -2.33. The molecule has 1 aromatic heterocycles. The number of carbonyl (C=O) groups is 3. The van der Waals surface area contributed by atoms with Crippen molar-refractivity contribution in [3.8, 4) is 11.5 Å². The van der Waals surface area contributed by atoms with Gasteiger partial charge in [0.25, 0.3) is 0 Å². The highest BCUT2D eigenvalue weighted by molar-refractivity contribution is 8.00. The fourth-order valence-corrected chi connectivity index (χ4v) is 8.97. The van der Waals surface area contributed by atoms with E-state index in [4.69, 9.17) is 14.6 Å². The van der Waals surface area contributed by atoms with Gasteiger partial charge in [0, 0.05) is 16.5 Å². The van der Waals surface area contributed by atoms with Crippen molar-refractivity contribution in [3.05, 3.63) is 92.4 Å². The topological polar surface area (TPSA) is 167 Å². The molecule has 3 aromatic carbocycles. The molecule has 2 aliphatic heterocycles. The number of thioether (sulfide) groups is 1. The molecule has 12 nitrogen and oxygen atoms in total. The Balaban J connectivity index is 1.40. The number of imide groups is 1. The number of primary sulfonamides is 1. The van der Waals surface area contributed by atoms with E-state index in [1.807, 2.05) is 19.1 Å². The first-order valence-electron chi connectivity index (χ1n) is 13.9. The number of aryl methyl sites for hydroxylation is 1. The zero-order valence-corrected chi connectivity index (χ0v) is 27.2. The number of benzene rings is 3. The molecule has 0 unspecified atom stereocenters. The maximum Gasteiger partial charge on any atom is 0.308 e. The van der Waals surface area contributed by atoms with E-state index in [1.54, 1.807) is 30.3 Å². The molecule has 238 valence electrons. The summed E-state index contributed by atoms with van der Waals surface area (Å²) < 4.78 is 35.4. The van der Waals surface area contributed by atoms with Crippen LogP contribution < -0.4 is 29.7 Å². The molecule has 15 heteroatoms. The summed E-state index contributed by atoms with van der Waals surface area (Å²) in [6, 6.07) is 17.6. The van der Waals surface area contributed by atoms with Gasteiger partial charge in [0.2, 0.25) is 27.7 Å². The van der Waals surface area contributed by atoms with Crippen molar-refractivity contribution in [2.24, 2.45) is 11.1 Å². The molecule has 0 bridgehead atoms. The quantitative estimate of drug-likeness (QED) is 0.266. The van der Waals surface area contributed by atoms with Gasteiger partial charge < -0.3 is 14.8 Å². The average molecular weight is 681 g/mol. The number of nitrogens with one attached hydrogen (secondary N) is 1. The molecule has 0 spiro atoms. The summed E-state index contributed by atoms with van der Waals surface area (Å²) in [6.45, 7) is 1.53. The lowest BCUT2D eigenvalue weighted by molar-refractivity contribution is -0.122. The Morgan fingerprint density at radius 1 is 0.935 bits per heavy atom. The van der Waals surface area contributed by atoms with Gasteiger partial charge in [-0.15, -0.1) is 0 Å². The summed E-state index contributed by atoms with van der Waals surface area (Å²) in [4.78, 5) is 55.8. The van der Waals surface area contributed by atoms with Gasteiger partial charge in [-0.05, 0) is 61.0 Å². The number of fused-ring (bicyclic) bond motifs is 2. The molecule has 46 heavy (non-hydrogen) atoms. The SMILES string of the molecule is COc1ccc([C@@H]2c3sc(=O)n(CC(=O)Nc4ccc(S(N)(=O)=O)cc4)c3S[C@@H]3C(=O)N(c4ccc(C)cc4)C(=O)[C@H]23)cc1OC. The van der Waals surface area contributed by atoms with Crippen LogP contribution in [0.5, 0.6) is 11.5 Å². The standard InChI is InChI=1S/C31H28N4O8S3/c1-16-4-9-19(10-5-16)35-28(37)25-24(17-6-13-21(42-2)22(14-17)43-3)27-30(44-26(25)29(35)38)34(31(39)45-27)15-23(36)33-18-7-11-20(12-8-18)46(32,40)41/h4-14,24-26H,15H2,1-3H3,(H,33,36)(H2,32,40,41)/t24-,25+,26-/m0/s1. The predicted molar refractivity (Wildman–Crippen MR) is 173 cm³/mol. The van der Waals surface area contributed by atoms with E-state index >= 15 is 0 Å². The Labute approximate surface area is 272 Å². The van der Waals surface area contributed by atoms with Crippen molar-refractivity contribution >= 4 is 62.2 Å². The lowest BCUT2D eigenvalue weighted by atomic mass is 9.83. The van der Waals surface area contributed by atoms with Crippen molar-refractivity contribution in [3.63, 3.8) is 0 Å². The maximum atomic E-state index is 14.1. The number of carbonyl (C=O) groups excluding carboxylic acids is 3. The highest BCUT2D eigenvalue weighted by Crippen LogP contribution is 2.54. The molecule has 3 amide bonds. The van der Waals surface area contributed by atoms with Crippen LogP contribution in [0.2, 0.25) is 0 Å². The number of nitrogens with two attached hydrogens (primary N) is 1. The first-order chi connectivity index (χ1) is 21.9. The monoisotopic (exact) mass is 680 g/mol. The summed E-state index contributed by atoms with van der Waals surface area (Å²) in [5.41, 5.74) is 2.38. The average Bonchev–Trinajstić information content (AvgIpc) is 3.47. The summed E-state index contributed by atoms with van der Waals surface area (Å²) >= 11 is 2.02. The molecular weight excluding hydrogens is 653 g/mol. The van der Waals surface area contributed by atoms with Crippen LogP contribution in [0.4, 0.5) is 11.4 Å². The molecule has 3 heterocycles. The van der Waals surface area contributed by atoms with Crippen LogP contribution in [0.3, 0.4) is 0 Å². The highest BCUT2D eigenvalue weighted by atomic mass is 32.2. The van der Waals surface area contributed by atoms with Gasteiger partial charge >= 0.3 is 4.87 Å². The number of hydrogen-bond donors (Lipinski definition) is 2. The number of amides is 3. The van der Waals surface area contributed by atoms with Crippen molar-refractivity contribution in [1.29, 1.82) is 0 Å². The minimum atomic E-state index is -3.91. The number of sulfonamides is 1. The van der Waals surface area contributed by atoms with E-state index in [-0.39, 0.29) is 17.3 Å². The number of rotatable bonds is 8. The summed E-state index contributed by atoms with van der Waals surface area (Å²) in [6.07, 6.45) is 0. The molecule has 0 aliphatic carbocycles. The first-order valence-corrected chi connectivity index (χ1v) is 17.1. The van der Waals surface area contributed by atoms with Gasteiger partial charge in [0.05, 0.1) is 35.7 Å². The number of methoxy groups -OCH3 is 2. The van der Waals surface area contributed by atoms with Gasteiger partial charge in [-0.3, -0.25) is 23.7 Å². The molecule has 0 radical (unpaired) electrons. The van der Waals surface area contributed by atoms with E-state index < -0.39 is 43.8 Å². The molecule has 1 saturated heterocycles. The molecule has 3 N–H and O–H groups in total. The van der Waals surface area contributed by atoms with Crippen LogP contribution in [-0.2, 0) is 31.0 Å². The third-order valence-corrected chi connectivity index (χ3v) is 11.4. The highest BCUT2D eigenvalue weighted by Gasteiger charge is 2.57. The zero-order chi connectivity index (χ0) is 32.9. The molecule has 1 fully saturated rings. The number of ether oxygens (including phenoxy) is 2. The Hall–Kier alpha value is -4.44. The number of nitrogens with zero attached hydrogens (tertiary/aromatic N) is 2. The second-order valence-electron chi connectivity index (χ2n) is 10.7. The van der Waals surface area contributed by atoms with Crippen molar-refractivity contribution < 1.29 is 32.3 Å². The second-order valence-corrected chi connectivity index (χ2v) is 14.4. The van der Waals surface area contributed by atoms with Crippen LogP contribution in [0, 0.1) is 12.8 Å². The van der Waals surface area contributed by atoms with E-state index in [2.05, 4.69) is 5.32 Å². The smallest absolute Gasteiger partial charge is 0.308 e. The van der Waals surface area contributed by atoms with E-state index in [1.165, 1.54) is 48.0 Å². The zero-order valence-electron chi connectivity index (χ0n) is 24.8. The van der Waals surface area contributed by atoms with Crippen LogP contribution in [0.25, 0.3) is 0 Å². The third-order valence-electron chi connectivity index (χ3n) is 7.88. The first kappa shape index (κ1) is 31.5. The second kappa shape index (κ2) is 12.1. The molecule has 3 atom stereocenters. The number of anilines is 2.